The molecule has 2 aromatic heterocycles. The summed E-state index contributed by atoms with van der Waals surface area (Å²) in [5, 5.41) is 18.4. The van der Waals surface area contributed by atoms with Crippen LogP contribution >= 0.6 is 11.3 Å². The van der Waals surface area contributed by atoms with Crippen molar-refractivity contribution in [3.63, 3.8) is 0 Å². The van der Waals surface area contributed by atoms with Crippen LogP contribution < -0.4 is 10.6 Å². The molecule has 1 aliphatic rings. The average Bonchev–Trinajstić information content (AvgIpc) is 3.21. The number of aryl methyl sites for hydroxylation is 1. The van der Waals surface area contributed by atoms with Crippen LogP contribution in [0, 0.1) is 0 Å². The number of rotatable bonds is 6. The van der Waals surface area contributed by atoms with Gasteiger partial charge in [-0.05, 0) is 25.0 Å². The standard InChI is InChI=1S/C16H20N4O2S/c21-12-8-13(19-9-12)16(22)18-5-1-2-15-20-14(10-23-15)11-3-6-17-7-4-11/h3-4,6-7,10,12-13,19,21H,1-2,5,8-9H2,(H,18,22)/t12-,13-/m1/s1. The van der Waals surface area contributed by atoms with Gasteiger partial charge in [-0.3, -0.25) is 9.78 Å². The Morgan fingerprint density at radius 3 is 3.00 bits per heavy atom. The summed E-state index contributed by atoms with van der Waals surface area (Å²) < 4.78 is 0. The van der Waals surface area contributed by atoms with E-state index < -0.39 is 6.10 Å². The number of hydrogen-bond donors (Lipinski definition) is 3. The fourth-order valence-corrected chi connectivity index (χ4v) is 3.42. The average molecular weight is 332 g/mol. The Kier molecular flexibility index (Phi) is 5.32. The molecule has 0 aromatic carbocycles. The van der Waals surface area contributed by atoms with Gasteiger partial charge in [0.15, 0.2) is 0 Å². The van der Waals surface area contributed by atoms with Crippen molar-refractivity contribution >= 4 is 17.2 Å². The molecule has 3 rings (SSSR count). The fourth-order valence-electron chi connectivity index (χ4n) is 2.57. The summed E-state index contributed by atoms with van der Waals surface area (Å²) in [6.07, 6.45) is 5.30. The first-order valence-corrected chi connectivity index (χ1v) is 8.64. The Bertz CT molecular complexity index is 647. The number of aromatic nitrogens is 2. The van der Waals surface area contributed by atoms with E-state index >= 15 is 0 Å². The van der Waals surface area contributed by atoms with Crippen molar-refractivity contribution < 1.29 is 9.90 Å². The normalized spacial score (nSPS) is 20.6. The topological polar surface area (TPSA) is 87.1 Å². The summed E-state index contributed by atoms with van der Waals surface area (Å²) in [6.45, 7) is 1.12. The number of β-amino-alcohol motifs (C(OH)–C–C–N with tert-alkyl or cyclic N) is 1. The summed E-state index contributed by atoms with van der Waals surface area (Å²) in [7, 11) is 0. The summed E-state index contributed by atoms with van der Waals surface area (Å²) >= 11 is 1.64. The van der Waals surface area contributed by atoms with Crippen molar-refractivity contribution in [2.75, 3.05) is 13.1 Å². The van der Waals surface area contributed by atoms with E-state index in [0.717, 1.165) is 29.1 Å². The number of nitrogens with one attached hydrogen (secondary N) is 2. The molecule has 2 aromatic rings. The molecule has 1 amide bonds. The predicted molar refractivity (Wildman–Crippen MR) is 89.1 cm³/mol. The van der Waals surface area contributed by atoms with Crippen LogP contribution in [0.3, 0.4) is 0 Å². The molecule has 6 nitrogen and oxygen atoms in total. The van der Waals surface area contributed by atoms with Gasteiger partial charge in [0.25, 0.3) is 0 Å². The fraction of sp³-hybridized carbons (Fsp3) is 0.438. The number of amides is 1. The summed E-state index contributed by atoms with van der Waals surface area (Å²) in [5.41, 5.74) is 2.04. The van der Waals surface area contributed by atoms with E-state index in [4.69, 9.17) is 0 Å². The van der Waals surface area contributed by atoms with Crippen LogP contribution in [-0.4, -0.2) is 46.2 Å². The van der Waals surface area contributed by atoms with Crippen molar-refractivity contribution in [2.24, 2.45) is 0 Å². The van der Waals surface area contributed by atoms with Gasteiger partial charge < -0.3 is 15.7 Å². The van der Waals surface area contributed by atoms with E-state index in [0.29, 0.717) is 19.5 Å². The number of aliphatic hydroxyl groups excluding tert-OH is 1. The second-order valence-electron chi connectivity index (χ2n) is 5.61. The van der Waals surface area contributed by atoms with Crippen molar-refractivity contribution in [3.8, 4) is 11.3 Å². The summed E-state index contributed by atoms with van der Waals surface area (Å²) in [6, 6.07) is 3.63. The van der Waals surface area contributed by atoms with Gasteiger partial charge in [0.1, 0.15) is 0 Å². The van der Waals surface area contributed by atoms with E-state index in [1.165, 1.54) is 0 Å². The van der Waals surface area contributed by atoms with Crippen molar-refractivity contribution in [1.82, 2.24) is 20.6 Å². The third-order valence-electron chi connectivity index (χ3n) is 3.82. The lowest BCUT2D eigenvalue weighted by atomic mass is 10.2. The SMILES string of the molecule is O=C(NCCCc1nc(-c2ccncc2)cs1)[C@H]1C[C@@H](O)CN1. The quantitative estimate of drug-likeness (QED) is 0.686. The number of thiazole rings is 1. The highest BCUT2D eigenvalue weighted by atomic mass is 32.1. The number of aliphatic hydroxyl groups is 1. The predicted octanol–water partition coefficient (Wildman–Crippen LogP) is 0.977. The van der Waals surface area contributed by atoms with Gasteiger partial charge in [-0.15, -0.1) is 11.3 Å². The lowest BCUT2D eigenvalue weighted by Gasteiger charge is -2.10. The second kappa shape index (κ2) is 7.63. The Morgan fingerprint density at radius 1 is 1.43 bits per heavy atom. The van der Waals surface area contributed by atoms with Crippen molar-refractivity contribution in [2.45, 2.75) is 31.4 Å². The molecule has 1 aliphatic heterocycles. The Labute approximate surface area is 139 Å². The van der Waals surface area contributed by atoms with Crippen LogP contribution in [0.1, 0.15) is 17.8 Å². The molecular formula is C16H20N4O2S. The first-order valence-electron chi connectivity index (χ1n) is 7.76. The zero-order valence-corrected chi connectivity index (χ0v) is 13.6. The molecule has 7 heteroatoms. The molecule has 3 heterocycles. The molecule has 2 atom stereocenters. The Morgan fingerprint density at radius 2 is 2.26 bits per heavy atom. The Hall–Kier alpha value is -1.83. The number of pyridine rings is 1. The Balaban J connectivity index is 1.41. The summed E-state index contributed by atoms with van der Waals surface area (Å²) in [5.74, 6) is -0.0295. The van der Waals surface area contributed by atoms with E-state index in [2.05, 4.69) is 20.6 Å². The van der Waals surface area contributed by atoms with Crippen LogP contribution in [0.15, 0.2) is 29.9 Å². The molecule has 0 aliphatic carbocycles. The minimum absolute atomic E-state index is 0.0295. The van der Waals surface area contributed by atoms with Gasteiger partial charge in [0, 0.05) is 42.8 Å². The molecule has 3 N–H and O–H groups in total. The first-order chi connectivity index (χ1) is 11.2. The number of nitrogens with zero attached hydrogens (tertiary/aromatic N) is 2. The summed E-state index contributed by atoms with van der Waals surface area (Å²) in [4.78, 5) is 20.5. The second-order valence-corrected chi connectivity index (χ2v) is 6.55. The van der Waals surface area contributed by atoms with Gasteiger partial charge in [-0.25, -0.2) is 4.98 Å². The van der Waals surface area contributed by atoms with E-state index in [1.807, 2.05) is 17.5 Å². The van der Waals surface area contributed by atoms with Crippen LogP contribution in [-0.2, 0) is 11.2 Å². The van der Waals surface area contributed by atoms with Crippen LogP contribution in [0.4, 0.5) is 0 Å². The van der Waals surface area contributed by atoms with Gasteiger partial charge in [-0.2, -0.15) is 0 Å². The molecule has 0 spiro atoms. The zero-order chi connectivity index (χ0) is 16.1. The van der Waals surface area contributed by atoms with Crippen LogP contribution in [0.2, 0.25) is 0 Å². The largest absolute Gasteiger partial charge is 0.392 e. The lowest BCUT2D eigenvalue weighted by Crippen LogP contribution is -2.40. The molecule has 0 unspecified atom stereocenters. The highest BCUT2D eigenvalue weighted by molar-refractivity contribution is 7.09. The molecule has 122 valence electrons. The number of carbonyl (C=O) groups is 1. The molecule has 0 bridgehead atoms. The molecule has 1 fully saturated rings. The minimum atomic E-state index is -0.410. The van der Waals surface area contributed by atoms with E-state index in [-0.39, 0.29) is 11.9 Å². The van der Waals surface area contributed by atoms with Gasteiger partial charge in [-0.1, -0.05) is 0 Å². The third-order valence-corrected chi connectivity index (χ3v) is 4.73. The third kappa shape index (κ3) is 4.34. The molecule has 23 heavy (non-hydrogen) atoms. The van der Waals surface area contributed by atoms with Gasteiger partial charge in [0.05, 0.1) is 22.8 Å². The maximum atomic E-state index is 11.9. The maximum Gasteiger partial charge on any atom is 0.237 e. The van der Waals surface area contributed by atoms with E-state index in [9.17, 15) is 9.90 Å². The van der Waals surface area contributed by atoms with Crippen molar-refractivity contribution in [3.05, 3.63) is 34.9 Å². The molecular weight excluding hydrogens is 312 g/mol. The molecule has 1 saturated heterocycles. The van der Waals surface area contributed by atoms with Crippen LogP contribution in [0.25, 0.3) is 11.3 Å². The minimum Gasteiger partial charge on any atom is -0.392 e. The van der Waals surface area contributed by atoms with Gasteiger partial charge >= 0.3 is 0 Å². The van der Waals surface area contributed by atoms with Crippen LogP contribution in [0.5, 0.6) is 0 Å². The number of carbonyl (C=O) groups excluding carboxylic acids is 1. The lowest BCUT2D eigenvalue weighted by molar-refractivity contribution is -0.122. The zero-order valence-electron chi connectivity index (χ0n) is 12.7. The number of hydrogen-bond acceptors (Lipinski definition) is 6. The maximum absolute atomic E-state index is 11.9. The monoisotopic (exact) mass is 332 g/mol. The van der Waals surface area contributed by atoms with Gasteiger partial charge in [0.2, 0.25) is 5.91 Å². The highest BCUT2D eigenvalue weighted by Crippen LogP contribution is 2.21. The smallest absolute Gasteiger partial charge is 0.237 e. The van der Waals surface area contributed by atoms with E-state index in [1.54, 1.807) is 23.7 Å². The molecule has 0 saturated carbocycles. The highest BCUT2D eigenvalue weighted by Gasteiger charge is 2.27. The molecule has 0 radical (unpaired) electrons. The van der Waals surface area contributed by atoms with Crippen molar-refractivity contribution in [1.29, 1.82) is 0 Å². The first kappa shape index (κ1) is 16.0.